The minimum Gasteiger partial charge on any atom is -0.356 e. The van der Waals surface area contributed by atoms with Gasteiger partial charge in [0.05, 0.1) is 11.6 Å². The van der Waals surface area contributed by atoms with E-state index < -0.39 is 0 Å². The average Bonchev–Trinajstić information content (AvgIpc) is 3.02. The molecule has 2 heterocycles. The van der Waals surface area contributed by atoms with Gasteiger partial charge in [0, 0.05) is 24.9 Å². The van der Waals surface area contributed by atoms with Gasteiger partial charge in [0.15, 0.2) is 0 Å². The molecule has 108 valence electrons. The first-order valence-corrected chi connectivity index (χ1v) is 7.72. The number of pyridine rings is 1. The van der Waals surface area contributed by atoms with E-state index in [-0.39, 0.29) is 0 Å². The summed E-state index contributed by atoms with van der Waals surface area (Å²) < 4.78 is 0. The molecule has 3 nitrogen and oxygen atoms in total. The van der Waals surface area contributed by atoms with Crippen LogP contribution in [0.5, 0.6) is 0 Å². The number of hydrogen-bond donors (Lipinski definition) is 0. The molecule has 0 N–H and O–H groups in total. The van der Waals surface area contributed by atoms with Crippen molar-refractivity contribution in [3.63, 3.8) is 0 Å². The van der Waals surface area contributed by atoms with Gasteiger partial charge in [-0.25, -0.2) is 4.98 Å². The van der Waals surface area contributed by atoms with Gasteiger partial charge in [-0.15, -0.1) is 0 Å². The number of nitrogens with zero attached hydrogens (tertiary/aromatic N) is 3. The second kappa shape index (κ2) is 5.73. The van der Waals surface area contributed by atoms with Crippen LogP contribution in [0.2, 0.25) is 0 Å². The topological polar surface area (TPSA) is 39.9 Å². The highest BCUT2D eigenvalue weighted by Gasteiger charge is 2.18. The Bertz CT molecular complexity index is 706. The highest BCUT2D eigenvalue weighted by Crippen LogP contribution is 2.29. The quantitative estimate of drug-likeness (QED) is 0.855. The normalized spacial score (nSPS) is 14.6. The molecule has 3 heteroatoms. The zero-order valence-corrected chi connectivity index (χ0v) is 12.8. The molecule has 0 saturated carbocycles. The number of aryl methyl sites for hydroxylation is 3. The van der Waals surface area contributed by atoms with Crippen LogP contribution in [-0.4, -0.2) is 18.1 Å². The number of anilines is 1. The molecule has 0 spiro atoms. The molecule has 1 aliphatic heterocycles. The van der Waals surface area contributed by atoms with E-state index in [4.69, 9.17) is 10.2 Å². The van der Waals surface area contributed by atoms with Crippen molar-refractivity contribution in [3.8, 4) is 6.07 Å². The van der Waals surface area contributed by atoms with E-state index in [9.17, 15) is 0 Å². The Morgan fingerprint density at radius 2 is 2.00 bits per heavy atom. The summed E-state index contributed by atoms with van der Waals surface area (Å²) in [5, 5.41) is 10.1. The van der Waals surface area contributed by atoms with Gasteiger partial charge in [0.2, 0.25) is 0 Å². The fraction of sp³-hybridized carbons (Fsp3) is 0.444. The van der Waals surface area contributed by atoms with Crippen LogP contribution < -0.4 is 4.90 Å². The molecule has 21 heavy (non-hydrogen) atoms. The van der Waals surface area contributed by atoms with E-state index in [2.05, 4.69) is 43.0 Å². The molecule has 0 atom stereocenters. The van der Waals surface area contributed by atoms with Crippen molar-refractivity contribution in [2.45, 2.75) is 39.5 Å². The molecule has 0 radical (unpaired) electrons. The van der Waals surface area contributed by atoms with Crippen LogP contribution >= 0.6 is 0 Å². The lowest BCUT2D eigenvalue weighted by atomic mass is 10.0. The van der Waals surface area contributed by atoms with Crippen molar-refractivity contribution < 1.29 is 0 Å². The maximum Gasteiger partial charge on any atom is 0.132 e. The SMILES string of the molecule is Cc1ccc2cc(CCC#N)c(N3CCCC3)nc2c1C. The first-order chi connectivity index (χ1) is 10.2. The van der Waals surface area contributed by atoms with Gasteiger partial charge in [0.1, 0.15) is 5.82 Å². The molecule has 1 aliphatic rings. The second-order valence-corrected chi connectivity index (χ2v) is 5.90. The van der Waals surface area contributed by atoms with Crippen molar-refractivity contribution in [1.29, 1.82) is 5.26 Å². The molecule has 0 unspecified atom stereocenters. The lowest BCUT2D eigenvalue weighted by Crippen LogP contribution is -2.21. The molecule has 3 rings (SSSR count). The zero-order valence-electron chi connectivity index (χ0n) is 12.8. The smallest absolute Gasteiger partial charge is 0.132 e. The molecule has 0 aliphatic carbocycles. The summed E-state index contributed by atoms with van der Waals surface area (Å²) in [5.41, 5.74) is 4.87. The maximum atomic E-state index is 8.89. The van der Waals surface area contributed by atoms with Crippen molar-refractivity contribution in [2.75, 3.05) is 18.0 Å². The molecular formula is C18H21N3. The molecule has 1 aromatic heterocycles. The number of rotatable bonds is 3. The van der Waals surface area contributed by atoms with Crippen LogP contribution in [0.25, 0.3) is 10.9 Å². The van der Waals surface area contributed by atoms with Gasteiger partial charge in [0.25, 0.3) is 0 Å². The monoisotopic (exact) mass is 279 g/mol. The standard InChI is InChI=1S/C18H21N3/c1-13-7-8-15-12-16(6-5-9-19)18(20-17(15)14(13)2)21-10-3-4-11-21/h7-8,12H,3-6,10-11H2,1-2H3. The van der Waals surface area contributed by atoms with Gasteiger partial charge in [-0.3, -0.25) is 0 Å². The largest absolute Gasteiger partial charge is 0.356 e. The fourth-order valence-corrected chi connectivity index (χ4v) is 3.09. The lowest BCUT2D eigenvalue weighted by Gasteiger charge is -2.21. The highest BCUT2D eigenvalue weighted by molar-refractivity contribution is 5.85. The zero-order chi connectivity index (χ0) is 14.8. The first-order valence-electron chi connectivity index (χ1n) is 7.72. The molecule has 0 amide bonds. The Kier molecular flexibility index (Phi) is 3.79. The van der Waals surface area contributed by atoms with E-state index >= 15 is 0 Å². The summed E-state index contributed by atoms with van der Waals surface area (Å²) in [7, 11) is 0. The van der Waals surface area contributed by atoms with E-state index in [0.717, 1.165) is 30.8 Å². The number of nitriles is 1. The summed E-state index contributed by atoms with van der Waals surface area (Å²) in [6.45, 7) is 6.45. The molecule has 0 bridgehead atoms. The Hall–Kier alpha value is -2.08. The van der Waals surface area contributed by atoms with Gasteiger partial charge >= 0.3 is 0 Å². The molecule has 1 saturated heterocycles. The summed E-state index contributed by atoms with van der Waals surface area (Å²) in [5.74, 6) is 1.10. The Morgan fingerprint density at radius 3 is 2.71 bits per heavy atom. The third-order valence-electron chi connectivity index (χ3n) is 4.48. The van der Waals surface area contributed by atoms with Crippen LogP contribution in [0, 0.1) is 25.2 Å². The highest BCUT2D eigenvalue weighted by atomic mass is 15.2. The number of hydrogen-bond acceptors (Lipinski definition) is 3. The van der Waals surface area contributed by atoms with Crippen molar-refractivity contribution in [3.05, 3.63) is 34.9 Å². The number of benzene rings is 1. The van der Waals surface area contributed by atoms with Gasteiger partial charge in [-0.1, -0.05) is 12.1 Å². The van der Waals surface area contributed by atoms with E-state index in [1.165, 1.54) is 34.9 Å². The summed E-state index contributed by atoms with van der Waals surface area (Å²) in [4.78, 5) is 7.37. The number of aromatic nitrogens is 1. The predicted molar refractivity (Wildman–Crippen MR) is 86.6 cm³/mol. The second-order valence-electron chi connectivity index (χ2n) is 5.90. The fourth-order valence-electron chi connectivity index (χ4n) is 3.09. The van der Waals surface area contributed by atoms with E-state index in [1.54, 1.807) is 0 Å². The first kappa shape index (κ1) is 13.9. The average molecular weight is 279 g/mol. The summed E-state index contributed by atoms with van der Waals surface area (Å²) >= 11 is 0. The van der Waals surface area contributed by atoms with Crippen LogP contribution in [0.3, 0.4) is 0 Å². The maximum absolute atomic E-state index is 8.89. The predicted octanol–water partition coefficient (Wildman–Crippen LogP) is 3.91. The van der Waals surface area contributed by atoms with Gasteiger partial charge in [-0.2, -0.15) is 5.26 Å². The third kappa shape index (κ3) is 2.58. The van der Waals surface area contributed by atoms with Gasteiger partial charge < -0.3 is 4.90 Å². The van der Waals surface area contributed by atoms with Crippen LogP contribution in [0.15, 0.2) is 18.2 Å². The Balaban J connectivity index is 2.15. The molecular weight excluding hydrogens is 258 g/mol. The van der Waals surface area contributed by atoms with Crippen LogP contribution in [-0.2, 0) is 6.42 Å². The third-order valence-corrected chi connectivity index (χ3v) is 4.48. The van der Waals surface area contributed by atoms with E-state index in [1.807, 2.05) is 0 Å². The Morgan fingerprint density at radius 1 is 1.24 bits per heavy atom. The van der Waals surface area contributed by atoms with Crippen LogP contribution in [0.1, 0.15) is 36.0 Å². The van der Waals surface area contributed by atoms with Crippen LogP contribution in [0.4, 0.5) is 5.82 Å². The Labute approximate surface area is 126 Å². The summed E-state index contributed by atoms with van der Waals surface area (Å²) in [6, 6.07) is 8.79. The summed E-state index contributed by atoms with van der Waals surface area (Å²) in [6.07, 6.45) is 3.82. The lowest BCUT2D eigenvalue weighted by molar-refractivity contribution is 0.905. The van der Waals surface area contributed by atoms with Crippen molar-refractivity contribution in [2.24, 2.45) is 0 Å². The minimum atomic E-state index is 0.554. The minimum absolute atomic E-state index is 0.554. The van der Waals surface area contributed by atoms with Crippen molar-refractivity contribution >= 4 is 16.7 Å². The number of fused-ring (bicyclic) bond motifs is 1. The molecule has 1 fully saturated rings. The molecule has 1 aromatic carbocycles. The van der Waals surface area contributed by atoms with Gasteiger partial charge in [-0.05, 0) is 55.9 Å². The van der Waals surface area contributed by atoms with Crippen molar-refractivity contribution in [1.82, 2.24) is 4.98 Å². The molecule has 2 aromatic rings. The van der Waals surface area contributed by atoms with E-state index in [0.29, 0.717) is 6.42 Å².